The highest BCUT2D eigenvalue weighted by Gasteiger charge is 2.33. The van der Waals surface area contributed by atoms with Crippen molar-refractivity contribution in [2.24, 2.45) is 5.73 Å². The molecule has 2 aromatic heterocycles. The number of thiophene rings is 1. The Morgan fingerprint density at radius 1 is 1.37 bits per heavy atom. The van der Waals surface area contributed by atoms with E-state index in [1.807, 2.05) is 7.05 Å². The average molecular weight is 391 g/mol. The third-order valence-corrected chi connectivity index (χ3v) is 7.07. The first-order valence-electron chi connectivity index (χ1n) is 9.64. The number of carbonyl (C=O) groups is 1. The van der Waals surface area contributed by atoms with Gasteiger partial charge in [-0.3, -0.25) is 4.79 Å². The van der Waals surface area contributed by atoms with Gasteiger partial charge in [0.25, 0.3) is 0 Å². The van der Waals surface area contributed by atoms with E-state index in [9.17, 15) is 9.90 Å². The van der Waals surface area contributed by atoms with Gasteiger partial charge in [-0.25, -0.2) is 9.97 Å². The van der Waals surface area contributed by atoms with E-state index in [4.69, 9.17) is 10.5 Å². The van der Waals surface area contributed by atoms with Gasteiger partial charge in [-0.2, -0.15) is 0 Å². The number of hydrogen-bond donors (Lipinski definition) is 3. The van der Waals surface area contributed by atoms with E-state index < -0.39 is 12.0 Å². The fourth-order valence-corrected chi connectivity index (χ4v) is 5.61. The Morgan fingerprint density at radius 3 is 2.85 bits per heavy atom. The number of ether oxygens (including phenoxy) is 1. The van der Waals surface area contributed by atoms with Crippen molar-refractivity contribution in [2.75, 3.05) is 7.05 Å². The lowest BCUT2D eigenvalue weighted by Crippen LogP contribution is -2.34. The second kappa shape index (κ2) is 7.69. The van der Waals surface area contributed by atoms with Crippen LogP contribution in [0.15, 0.2) is 6.33 Å². The topological polar surface area (TPSA) is 110 Å². The predicted molar refractivity (Wildman–Crippen MR) is 104 cm³/mol. The van der Waals surface area contributed by atoms with Gasteiger partial charge < -0.3 is 20.9 Å². The second-order valence-corrected chi connectivity index (χ2v) is 8.65. The highest BCUT2D eigenvalue weighted by Crippen LogP contribution is 2.47. The fraction of sp³-hybridized carbons (Fsp3) is 0.632. The Morgan fingerprint density at radius 2 is 2.15 bits per heavy atom. The number of carbonyl (C=O) groups excluding carboxylic acids is 1. The summed E-state index contributed by atoms with van der Waals surface area (Å²) < 4.78 is 6.32. The van der Waals surface area contributed by atoms with Gasteiger partial charge in [-0.05, 0) is 63.5 Å². The maximum absolute atomic E-state index is 11.3. The van der Waals surface area contributed by atoms with Crippen molar-refractivity contribution in [1.82, 2.24) is 15.3 Å². The molecule has 2 atom stereocenters. The Bertz CT molecular complexity index is 832. The van der Waals surface area contributed by atoms with Crippen LogP contribution in [0.4, 0.5) is 0 Å². The molecule has 0 spiro atoms. The van der Waals surface area contributed by atoms with E-state index in [0.717, 1.165) is 54.3 Å². The van der Waals surface area contributed by atoms with Crippen molar-refractivity contribution in [2.45, 2.75) is 69.1 Å². The van der Waals surface area contributed by atoms with E-state index in [0.29, 0.717) is 18.3 Å². The lowest BCUT2D eigenvalue weighted by molar-refractivity contribution is -0.126. The zero-order valence-corrected chi connectivity index (χ0v) is 16.3. The summed E-state index contributed by atoms with van der Waals surface area (Å²) >= 11 is 1.67. The summed E-state index contributed by atoms with van der Waals surface area (Å²) in [5.74, 6) is 0.0625. The molecule has 4 N–H and O–H groups in total. The molecule has 0 saturated heterocycles. The van der Waals surface area contributed by atoms with Gasteiger partial charge >= 0.3 is 0 Å². The van der Waals surface area contributed by atoms with E-state index in [1.54, 1.807) is 17.7 Å². The van der Waals surface area contributed by atoms with Crippen molar-refractivity contribution in [3.8, 4) is 5.88 Å². The molecule has 1 fully saturated rings. The first kappa shape index (κ1) is 18.6. The quantitative estimate of drug-likeness (QED) is 0.694. The number of nitrogens with one attached hydrogen (secondary N) is 1. The third kappa shape index (κ3) is 3.66. The molecule has 1 amide bonds. The van der Waals surface area contributed by atoms with Gasteiger partial charge in [-0.15, -0.1) is 11.3 Å². The van der Waals surface area contributed by atoms with E-state index in [2.05, 4.69) is 15.3 Å². The zero-order valence-electron chi connectivity index (χ0n) is 15.5. The second-order valence-electron chi connectivity index (χ2n) is 7.57. The first-order chi connectivity index (χ1) is 13.1. The molecule has 2 heterocycles. The van der Waals surface area contributed by atoms with Crippen LogP contribution in [0, 0.1) is 0 Å². The van der Waals surface area contributed by atoms with Crippen LogP contribution in [0.25, 0.3) is 10.2 Å². The molecule has 2 aliphatic carbocycles. The van der Waals surface area contributed by atoms with Crippen molar-refractivity contribution >= 4 is 27.5 Å². The van der Waals surface area contributed by atoms with Gasteiger partial charge in [0, 0.05) is 10.9 Å². The largest absolute Gasteiger partial charge is 0.474 e. The minimum atomic E-state index is -1.12. The van der Waals surface area contributed by atoms with E-state index >= 15 is 0 Å². The molecule has 146 valence electrons. The van der Waals surface area contributed by atoms with Crippen molar-refractivity contribution < 1.29 is 14.6 Å². The Labute approximate surface area is 162 Å². The molecule has 0 aromatic carbocycles. The number of fused-ring (bicyclic) bond motifs is 3. The van der Waals surface area contributed by atoms with Crippen molar-refractivity contribution in [3.63, 3.8) is 0 Å². The average Bonchev–Trinajstić information content (AvgIpc) is 3.22. The summed E-state index contributed by atoms with van der Waals surface area (Å²) in [6.45, 7) is 0. The normalized spacial score (nSPS) is 26.1. The van der Waals surface area contributed by atoms with Crippen molar-refractivity contribution in [3.05, 3.63) is 16.8 Å². The number of nitrogens with zero attached hydrogens (tertiary/aromatic N) is 2. The minimum Gasteiger partial charge on any atom is -0.474 e. The van der Waals surface area contributed by atoms with E-state index in [-0.39, 0.29) is 12.0 Å². The van der Waals surface area contributed by atoms with Gasteiger partial charge in [0.2, 0.25) is 11.8 Å². The molecular weight excluding hydrogens is 364 g/mol. The maximum Gasteiger partial charge on any atom is 0.246 e. The number of aliphatic hydroxyl groups excluding tert-OH is 1. The molecule has 27 heavy (non-hydrogen) atoms. The maximum atomic E-state index is 11.3. The molecule has 2 unspecified atom stereocenters. The fourth-order valence-electron chi connectivity index (χ4n) is 4.38. The highest BCUT2D eigenvalue weighted by molar-refractivity contribution is 7.19. The van der Waals surface area contributed by atoms with Crippen LogP contribution in [0.5, 0.6) is 5.88 Å². The molecule has 2 aliphatic rings. The summed E-state index contributed by atoms with van der Waals surface area (Å²) in [4.78, 5) is 22.4. The molecule has 8 heteroatoms. The number of aryl methyl sites for hydroxylation is 1. The molecule has 2 aromatic rings. The van der Waals surface area contributed by atoms with Gasteiger partial charge in [0.1, 0.15) is 23.4 Å². The Kier molecular flexibility index (Phi) is 5.29. The number of nitrogens with two attached hydrogens (primary N) is 1. The standard InChI is InChI=1S/C19H26N4O3S/c1-21-11-3-5-12(6-4-11)26-18-16-15-10(8-13(24)17(20)25)2-7-14(15)27-19(16)23-9-22-18/h9-13,21,24H,2-8H2,1H3,(H2,20,25). The summed E-state index contributed by atoms with van der Waals surface area (Å²) in [5.41, 5.74) is 6.41. The lowest BCUT2D eigenvalue weighted by Gasteiger charge is -2.28. The predicted octanol–water partition coefficient (Wildman–Crippen LogP) is 1.87. The van der Waals surface area contributed by atoms with Gasteiger partial charge in [0.05, 0.1) is 5.39 Å². The molecule has 0 bridgehead atoms. The number of hydrogen-bond acceptors (Lipinski definition) is 7. The van der Waals surface area contributed by atoms with Gasteiger partial charge in [-0.1, -0.05) is 0 Å². The zero-order chi connectivity index (χ0) is 19.0. The summed E-state index contributed by atoms with van der Waals surface area (Å²) in [6.07, 6.45) is 7.00. The molecular formula is C19H26N4O3S. The number of amides is 1. The van der Waals surface area contributed by atoms with Crippen LogP contribution < -0.4 is 15.8 Å². The van der Waals surface area contributed by atoms with Crippen molar-refractivity contribution in [1.29, 1.82) is 0 Å². The van der Waals surface area contributed by atoms with Crippen LogP contribution in [-0.4, -0.2) is 46.3 Å². The molecule has 0 aliphatic heterocycles. The monoisotopic (exact) mass is 390 g/mol. The lowest BCUT2D eigenvalue weighted by atomic mass is 9.93. The molecule has 7 nitrogen and oxygen atoms in total. The molecule has 1 saturated carbocycles. The Hall–Kier alpha value is -1.77. The smallest absolute Gasteiger partial charge is 0.246 e. The van der Waals surface area contributed by atoms with Crippen LogP contribution in [0.1, 0.15) is 54.9 Å². The SMILES string of the molecule is CNC1CCC(Oc2ncnc3sc4c(c23)C(CC(O)C(N)=O)CC4)CC1. The third-order valence-electron chi connectivity index (χ3n) is 5.89. The van der Waals surface area contributed by atoms with Crippen LogP contribution in [0.2, 0.25) is 0 Å². The minimum absolute atomic E-state index is 0.0876. The summed E-state index contributed by atoms with van der Waals surface area (Å²) in [6, 6.07) is 0.570. The van der Waals surface area contributed by atoms with Crippen LogP contribution in [-0.2, 0) is 11.2 Å². The number of rotatable bonds is 6. The van der Waals surface area contributed by atoms with Gasteiger partial charge in [0.15, 0.2) is 0 Å². The number of aromatic nitrogens is 2. The highest BCUT2D eigenvalue weighted by atomic mass is 32.1. The van der Waals surface area contributed by atoms with Crippen LogP contribution in [0.3, 0.4) is 0 Å². The molecule has 4 rings (SSSR count). The van der Waals surface area contributed by atoms with E-state index in [1.165, 1.54) is 4.88 Å². The molecule has 0 radical (unpaired) electrons. The Balaban J connectivity index is 1.60. The summed E-state index contributed by atoms with van der Waals surface area (Å²) in [7, 11) is 2.01. The summed E-state index contributed by atoms with van der Waals surface area (Å²) in [5, 5.41) is 14.3. The first-order valence-corrected chi connectivity index (χ1v) is 10.5. The number of aliphatic hydroxyl groups is 1. The number of primary amides is 1. The van der Waals surface area contributed by atoms with Crippen LogP contribution >= 0.6 is 11.3 Å².